The normalized spacial score (nSPS) is 22.0. The summed E-state index contributed by atoms with van der Waals surface area (Å²) in [5, 5.41) is 0. The Morgan fingerprint density at radius 1 is 1.31 bits per heavy atom. The Bertz CT molecular complexity index is 174. The fourth-order valence-corrected chi connectivity index (χ4v) is 2.00. The van der Waals surface area contributed by atoms with Gasteiger partial charge in [-0.05, 0) is 25.7 Å². The average molecular weight is 186 g/mol. The number of nitrogens with one attached hydrogen (secondary N) is 1. The van der Waals surface area contributed by atoms with Gasteiger partial charge in [-0.2, -0.15) is 0 Å². The highest BCUT2D eigenvalue weighted by atomic mass is 16.2. The van der Waals surface area contributed by atoms with E-state index in [0.29, 0.717) is 6.54 Å². The summed E-state index contributed by atoms with van der Waals surface area (Å²) >= 11 is 0. The zero-order chi connectivity index (χ0) is 9.73. The van der Waals surface area contributed by atoms with Crippen molar-refractivity contribution in [3.8, 4) is 0 Å². The van der Waals surface area contributed by atoms with Crippen LogP contribution in [-0.4, -0.2) is 37.1 Å². The second-order valence-corrected chi connectivity index (χ2v) is 4.21. The number of carbonyl (C=O) groups is 1. The third-order valence-electron chi connectivity index (χ3n) is 2.83. The lowest BCUT2D eigenvalue weighted by molar-refractivity contribution is -0.901. The van der Waals surface area contributed by atoms with E-state index >= 15 is 0 Å². The van der Waals surface area contributed by atoms with E-state index in [2.05, 4.69) is 12.5 Å². The van der Waals surface area contributed by atoms with Crippen molar-refractivity contribution >= 4 is 5.91 Å². The quantitative estimate of drug-likeness (QED) is 0.276. The molecule has 0 bridgehead atoms. The molecule has 1 heterocycles. The topological polar surface area (TPSA) is 55.1 Å². The SMILES string of the molecule is C[N+]1(CC(=O)NN)CCCCCC1. The summed E-state index contributed by atoms with van der Waals surface area (Å²) in [5.41, 5.74) is 2.20. The molecule has 0 unspecified atom stereocenters. The van der Waals surface area contributed by atoms with E-state index in [4.69, 9.17) is 5.84 Å². The Morgan fingerprint density at radius 3 is 2.31 bits per heavy atom. The van der Waals surface area contributed by atoms with Crippen molar-refractivity contribution in [2.45, 2.75) is 25.7 Å². The second kappa shape index (κ2) is 4.58. The van der Waals surface area contributed by atoms with Gasteiger partial charge < -0.3 is 4.48 Å². The smallest absolute Gasteiger partial charge is 0.289 e. The van der Waals surface area contributed by atoms with Crippen molar-refractivity contribution in [3.05, 3.63) is 0 Å². The first kappa shape index (κ1) is 10.5. The standard InChI is InChI=1S/C9H19N3O/c1-12(8-9(13)11-10)6-4-2-3-5-7-12/h2-8,10H2,1H3/p+1. The van der Waals surface area contributed by atoms with E-state index in [1.807, 2.05) is 0 Å². The van der Waals surface area contributed by atoms with Gasteiger partial charge in [0.25, 0.3) is 5.91 Å². The number of hydrazine groups is 1. The maximum atomic E-state index is 11.1. The van der Waals surface area contributed by atoms with E-state index < -0.39 is 0 Å². The molecule has 3 N–H and O–H groups in total. The van der Waals surface area contributed by atoms with E-state index in [0.717, 1.165) is 17.6 Å². The third-order valence-corrected chi connectivity index (χ3v) is 2.83. The van der Waals surface area contributed by atoms with Crippen LogP contribution in [0.25, 0.3) is 0 Å². The molecular formula is C9H20N3O+. The highest BCUT2D eigenvalue weighted by molar-refractivity contribution is 5.76. The number of likely N-dealkylation sites (N-methyl/N-ethyl adjacent to an activating group) is 1. The van der Waals surface area contributed by atoms with Crippen molar-refractivity contribution < 1.29 is 9.28 Å². The van der Waals surface area contributed by atoms with Crippen LogP contribution in [0.4, 0.5) is 0 Å². The molecule has 13 heavy (non-hydrogen) atoms. The van der Waals surface area contributed by atoms with Crippen LogP contribution in [0.15, 0.2) is 0 Å². The van der Waals surface area contributed by atoms with Gasteiger partial charge in [0.05, 0.1) is 20.1 Å². The Labute approximate surface area is 79.6 Å². The zero-order valence-corrected chi connectivity index (χ0v) is 8.38. The fourth-order valence-electron chi connectivity index (χ4n) is 2.00. The van der Waals surface area contributed by atoms with Gasteiger partial charge in [0, 0.05) is 0 Å². The van der Waals surface area contributed by atoms with Crippen molar-refractivity contribution in [2.24, 2.45) is 5.84 Å². The van der Waals surface area contributed by atoms with Gasteiger partial charge in [0.1, 0.15) is 0 Å². The van der Waals surface area contributed by atoms with E-state index in [-0.39, 0.29) is 5.91 Å². The van der Waals surface area contributed by atoms with Crippen LogP contribution in [0.5, 0.6) is 0 Å². The van der Waals surface area contributed by atoms with E-state index in [9.17, 15) is 4.79 Å². The summed E-state index contributed by atoms with van der Waals surface area (Å²) in [6.45, 7) is 2.73. The molecule has 4 nitrogen and oxygen atoms in total. The molecule has 0 spiro atoms. The lowest BCUT2D eigenvalue weighted by Gasteiger charge is -2.32. The number of quaternary nitrogens is 1. The maximum Gasteiger partial charge on any atom is 0.289 e. The maximum absolute atomic E-state index is 11.1. The number of nitrogens with zero attached hydrogens (tertiary/aromatic N) is 1. The molecule has 0 saturated carbocycles. The van der Waals surface area contributed by atoms with Crippen molar-refractivity contribution in [2.75, 3.05) is 26.7 Å². The fraction of sp³-hybridized carbons (Fsp3) is 0.889. The molecule has 76 valence electrons. The van der Waals surface area contributed by atoms with Gasteiger partial charge in [-0.25, -0.2) is 5.84 Å². The Morgan fingerprint density at radius 2 is 1.85 bits per heavy atom. The summed E-state index contributed by atoms with van der Waals surface area (Å²) in [6.07, 6.45) is 5.07. The summed E-state index contributed by atoms with van der Waals surface area (Å²) in [5.74, 6) is 5.03. The molecule has 1 aliphatic rings. The molecule has 0 aromatic heterocycles. The van der Waals surface area contributed by atoms with Gasteiger partial charge >= 0.3 is 0 Å². The Balaban J connectivity index is 2.46. The second-order valence-electron chi connectivity index (χ2n) is 4.21. The number of hydrogen-bond acceptors (Lipinski definition) is 2. The summed E-state index contributed by atoms with van der Waals surface area (Å²) in [7, 11) is 2.14. The Kier molecular flexibility index (Phi) is 3.69. The van der Waals surface area contributed by atoms with Gasteiger partial charge in [-0.15, -0.1) is 0 Å². The molecule has 1 rings (SSSR count). The zero-order valence-electron chi connectivity index (χ0n) is 8.38. The van der Waals surface area contributed by atoms with Gasteiger partial charge in [0.15, 0.2) is 6.54 Å². The van der Waals surface area contributed by atoms with Crippen molar-refractivity contribution in [1.29, 1.82) is 0 Å². The minimum atomic E-state index is -0.0515. The summed E-state index contributed by atoms with van der Waals surface area (Å²) in [6, 6.07) is 0. The Hall–Kier alpha value is -0.610. The molecule has 1 aliphatic heterocycles. The lowest BCUT2D eigenvalue weighted by Crippen LogP contribution is -2.52. The van der Waals surface area contributed by atoms with Crippen LogP contribution in [0, 0.1) is 0 Å². The van der Waals surface area contributed by atoms with Crippen molar-refractivity contribution in [1.82, 2.24) is 5.43 Å². The predicted octanol–water partition coefficient (Wildman–Crippen LogP) is -0.00310. The van der Waals surface area contributed by atoms with E-state index in [1.54, 1.807) is 0 Å². The summed E-state index contributed by atoms with van der Waals surface area (Å²) < 4.78 is 0.850. The molecule has 0 radical (unpaired) electrons. The molecule has 0 aromatic carbocycles. The van der Waals surface area contributed by atoms with Gasteiger partial charge in [-0.3, -0.25) is 10.2 Å². The molecule has 1 fully saturated rings. The number of rotatable bonds is 2. The number of nitrogens with two attached hydrogens (primary N) is 1. The molecule has 1 amide bonds. The lowest BCUT2D eigenvalue weighted by atomic mass is 10.2. The highest BCUT2D eigenvalue weighted by Gasteiger charge is 2.25. The van der Waals surface area contributed by atoms with Gasteiger partial charge in [-0.1, -0.05) is 0 Å². The van der Waals surface area contributed by atoms with Gasteiger partial charge in [0.2, 0.25) is 0 Å². The molecule has 0 atom stereocenters. The average Bonchev–Trinajstić information content (AvgIpc) is 2.30. The third kappa shape index (κ3) is 3.32. The first-order valence-electron chi connectivity index (χ1n) is 4.99. The van der Waals surface area contributed by atoms with Crippen LogP contribution in [-0.2, 0) is 4.79 Å². The molecule has 0 aromatic rings. The number of amides is 1. The van der Waals surface area contributed by atoms with E-state index in [1.165, 1.54) is 25.7 Å². The van der Waals surface area contributed by atoms with Crippen molar-refractivity contribution in [3.63, 3.8) is 0 Å². The van der Waals surface area contributed by atoms with Crippen LogP contribution in [0.2, 0.25) is 0 Å². The van der Waals surface area contributed by atoms with Crippen LogP contribution < -0.4 is 11.3 Å². The molecular weight excluding hydrogens is 166 g/mol. The molecule has 0 aliphatic carbocycles. The first-order valence-corrected chi connectivity index (χ1v) is 4.99. The number of carbonyl (C=O) groups excluding carboxylic acids is 1. The monoisotopic (exact) mass is 186 g/mol. The summed E-state index contributed by atoms with van der Waals surface area (Å²) in [4.78, 5) is 11.1. The van der Waals surface area contributed by atoms with Crippen LogP contribution >= 0.6 is 0 Å². The minimum Gasteiger partial charge on any atom is -0.318 e. The highest BCUT2D eigenvalue weighted by Crippen LogP contribution is 2.15. The molecule has 4 heteroatoms. The largest absolute Gasteiger partial charge is 0.318 e. The van der Waals surface area contributed by atoms with Crippen LogP contribution in [0.1, 0.15) is 25.7 Å². The number of hydrogen-bond donors (Lipinski definition) is 2. The first-order chi connectivity index (χ1) is 6.16. The predicted molar refractivity (Wildman–Crippen MR) is 51.6 cm³/mol. The minimum absolute atomic E-state index is 0.0515. The molecule has 1 saturated heterocycles. The van der Waals surface area contributed by atoms with Crippen LogP contribution in [0.3, 0.4) is 0 Å². The number of likely N-dealkylation sites (tertiary alicyclic amines) is 1.